The fourth-order valence-electron chi connectivity index (χ4n) is 3.47. The largest absolute Gasteiger partial charge is 0.454 e. The lowest BCUT2D eigenvalue weighted by Crippen LogP contribution is -2.25. The highest BCUT2D eigenvalue weighted by Gasteiger charge is 2.38. The summed E-state index contributed by atoms with van der Waals surface area (Å²) in [5.41, 5.74) is 2.58. The van der Waals surface area contributed by atoms with Crippen LogP contribution in [0.15, 0.2) is 60.3 Å². The summed E-state index contributed by atoms with van der Waals surface area (Å²) in [6.45, 7) is 0.595. The topological polar surface area (TPSA) is 55.8 Å². The van der Waals surface area contributed by atoms with E-state index in [1.807, 2.05) is 50.1 Å². The minimum atomic E-state index is -3.00. The molecule has 0 bridgehead atoms. The zero-order valence-electron chi connectivity index (χ0n) is 16.3. The van der Waals surface area contributed by atoms with Gasteiger partial charge in [0.05, 0.1) is 5.56 Å². The first kappa shape index (κ1) is 20.5. The quantitative estimate of drug-likeness (QED) is 0.533. The standard InChI is InChI=1S/C22H21F2NO4/c1-22(2)17-9-4-5-10-18(17)25(3)19(22)12-15(26)13-28-20(27)14-7-6-8-16(11-14)29-21(23)24/h4-12,21H,13H2,1-3H3. The van der Waals surface area contributed by atoms with Crippen LogP contribution in [0.25, 0.3) is 0 Å². The van der Waals surface area contributed by atoms with Crippen LogP contribution in [0.4, 0.5) is 14.5 Å². The van der Waals surface area contributed by atoms with E-state index in [0.29, 0.717) is 0 Å². The number of ether oxygens (including phenoxy) is 2. The van der Waals surface area contributed by atoms with E-state index in [1.54, 1.807) is 0 Å². The summed E-state index contributed by atoms with van der Waals surface area (Å²) in [5, 5.41) is 0. The van der Waals surface area contributed by atoms with Crippen LogP contribution >= 0.6 is 0 Å². The molecule has 1 aliphatic heterocycles. The maximum Gasteiger partial charge on any atom is 0.387 e. The lowest BCUT2D eigenvalue weighted by Gasteiger charge is -2.23. The molecule has 0 fully saturated rings. The number of fused-ring (bicyclic) bond motifs is 1. The van der Waals surface area contributed by atoms with Crippen molar-refractivity contribution >= 4 is 17.4 Å². The summed E-state index contributed by atoms with van der Waals surface area (Å²) in [7, 11) is 1.88. The monoisotopic (exact) mass is 401 g/mol. The van der Waals surface area contributed by atoms with E-state index in [9.17, 15) is 18.4 Å². The highest BCUT2D eigenvalue weighted by molar-refractivity contribution is 5.96. The molecule has 29 heavy (non-hydrogen) atoms. The number of rotatable bonds is 6. The number of carbonyl (C=O) groups is 2. The van der Waals surface area contributed by atoms with Crippen molar-refractivity contribution in [1.82, 2.24) is 0 Å². The molecule has 1 aliphatic rings. The highest BCUT2D eigenvalue weighted by atomic mass is 19.3. The Hall–Kier alpha value is -3.22. The van der Waals surface area contributed by atoms with Gasteiger partial charge in [-0.15, -0.1) is 0 Å². The Bertz CT molecular complexity index is 969. The molecule has 2 aromatic carbocycles. The average Bonchev–Trinajstić information content (AvgIpc) is 2.87. The van der Waals surface area contributed by atoms with Gasteiger partial charge in [0.2, 0.25) is 0 Å². The smallest absolute Gasteiger partial charge is 0.387 e. The van der Waals surface area contributed by atoms with Crippen LogP contribution in [-0.2, 0) is 14.9 Å². The molecular weight excluding hydrogens is 380 g/mol. The second kappa shape index (κ2) is 8.03. The second-order valence-corrected chi connectivity index (χ2v) is 7.18. The minimum absolute atomic E-state index is 0.0225. The van der Waals surface area contributed by atoms with E-state index in [2.05, 4.69) is 4.74 Å². The maximum absolute atomic E-state index is 12.4. The molecule has 0 saturated heterocycles. The van der Waals surface area contributed by atoms with Crippen molar-refractivity contribution in [3.63, 3.8) is 0 Å². The number of esters is 1. The van der Waals surface area contributed by atoms with Crippen LogP contribution in [0.2, 0.25) is 0 Å². The SMILES string of the molecule is CN1C(=CC(=O)COC(=O)c2cccc(OC(F)F)c2)C(C)(C)c2ccccc21. The number of ketones is 1. The summed E-state index contributed by atoms with van der Waals surface area (Å²) in [6, 6.07) is 13.1. The third kappa shape index (κ3) is 4.29. The van der Waals surface area contributed by atoms with E-state index in [4.69, 9.17) is 4.74 Å². The lowest BCUT2D eigenvalue weighted by atomic mass is 9.83. The van der Waals surface area contributed by atoms with Gasteiger partial charge in [-0.05, 0) is 29.8 Å². The number of para-hydroxylation sites is 1. The number of alkyl halides is 2. The molecule has 5 nitrogen and oxygen atoms in total. The summed E-state index contributed by atoms with van der Waals surface area (Å²) >= 11 is 0. The van der Waals surface area contributed by atoms with Crippen molar-refractivity contribution in [3.8, 4) is 5.75 Å². The number of likely N-dealkylation sites (N-methyl/N-ethyl adjacent to an activating group) is 1. The Morgan fingerprint density at radius 3 is 2.55 bits per heavy atom. The fraction of sp³-hybridized carbons (Fsp3) is 0.273. The third-order valence-corrected chi connectivity index (χ3v) is 4.88. The van der Waals surface area contributed by atoms with E-state index < -0.39 is 19.2 Å². The average molecular weight is 401 g/mol. The molecule has 0 N–H and O–H groups in total. The van der Waals surface area contributed by atoms with E-state index in [0.717, 1.165) is 23.0 Å². The lowest BCUT2D eigenvalue weighted by molar-refractivity contribution is -0.117. The van der Waals surface area contributed by atoms with Gasteiger partial charge in [-0.1, -0.05) is 38.1 Å². The minimum Gasteiger partial charge on any atom is -0.454 e. The summed E-state index contributed by atoms with van der Waals surface area (Å²) < 4.78 is 33.9. The van der Waals surface area contributed by atoms with Gasteiger partial charge in [0, 0.05) is 29.9 Å². The van der Waals surface area contributed by atoms with Gasteiger partial charge in [-0.3, -0.25) is 4.79 Å². The van der Waals surface area contributed by atoms with Crippen molar-refractivity contribution in [2.75, 3.05) is 18.6 Å². The van der Waals surface area contributed by atoms with Crippen molar-refractivity contribution in [3.05, 3.63) is 71.4 Å². The Labute approximate surface area is 167 Å². The number of nitrogens with zero attached hydrogens (tertiary/aromatic N) is 1. The zero-order valence-corrected chi connectivity index (χ0v) is 16.3. The van der Waals surface area contributed by atoms with Gasteiger partial charge >= 0.3 is 12.6 Å². The molecule has 3 rings (SSSR count). The van der Waals surface area contributed by atoms with E-state index in [1.165, 1.54) is 24.3 Å². The van der Waals surface area contributed by atoms with Gasteiger partial charge in [0.1, 0.15) is 5.75 Å². The molecule has 0 atom stereocenters. The fourth-order valence-corrected chi connectivity index (χ4v) is 3.47. The Kier molecular flexibility index (Phi) is 5.68. The van der Waals surface area contributed by atoms with Crippen LogP contribution in [-0.4, -0.2) is 32.0 Å². The van der Waals surface area contributed by atoms with Crippen LogP contribution in [0.3, 0.4) is 0 Å². The highest BCUT2D eigenvalue weighted by Crippen LogP contribution is 2.46. The van der Waals surface area contributed by atoms with E-state index >= 15 is 0 Å². The summed E-state index contributed by atoms with van der Waals surface area (Å²) in [5.74, 6) is -1.32. The summed E-state index contributed by atoms with van der Waals surface area (Å²) in [4.78, 5) is 26.5. The first-order valence-corrected chi connectivity index (χ1v) is 9.00. The molecule has 7 heteroatoms. The number of anilines is 1. The number of hydrogen-bond donors (Lipinski definition) is 0. The van der Waals surface area contributed by atoms with Crippen molar-refractivity contribution < 1.29 is 27.8 Å². The molecule has 152 valence electrons. The Balaban J connectivity index is 1.68. The molecular formula is C22H21F2NO4. The van der Waals surface area contributed by atoms with Crippen LogP contribution < -0.4 is 9.64 Å². The van der Waals surface area contributed by atoms with Gasteiger partial charge in [0.25, 0.3) is 0 Å². The van der Waals surface area contributed by atoms with Crippen LogP contribution in [0, 0.1) is 0 Å². The number of allylic oxidation sites excluding steroid dienone is 1. The van der Waals surface area contributed by atoms with Gasteiger partial charge in [-0.25, -0.2) is 4.79 Å². The maximum atomic E-state index is 12.4. The molecule has 0 unspecified atom stereocenters. The molecule has 0 spiro atoms. The second-order valence-electron chi connectivity index (χ2n) is 7.18. The first-order chi connectivity index (χ1) is 13.7. The molecule has 2 aromatic rings. The molecule has 0 saturated carbocycles. The Morgan fingerprint density at radius 1 is 1.14 bits per heavy atom. The first-order valence-electron chi connectivity index (χ1n) is 9.00. The van der Waals surface area contributed by atoms with Gasteiger partial charge < -0.3 is 14.4 Å². The number of halogens is 2. The Morgan fingerprint density at radius 2 is 1.86 bits per heavy atom. The van der Waals surface area contributed by atoms with Crippen LogP contribution in [0.5, 0.6) is 5.75 Å². The molecule has 1 heterocycles. The van der Waals surface area contributed by atoms with Crippen molar-refractivity contribution in [2.45, 2.75) is 25.9 Å². The van der Waals surface area contributed by atoms with Crippen molar-refractivity contribution in [2.24, 2.45) is 0 Å². The normalized spacial score (nSPS) is 16.1. The zero-order chi connectivity index (χ0) is 21.2. The predicted molar refractivity (Wildman–Crippen MR) is 104 cm³/mol. The molecule has 0 amide bonds. The van der Waals surface area contributed by atoms with Gasteiger partial charge in [-0.2, -0.15) is 8.78 Å². The van der Waals surface area contributed by atoms with Gasteiger partial charge in [0.15, 0.2) is 12.4 Å². The molecule has 0 radical (unpaired) electrons. The van der Waals surface area contributed by atoms with Crippen molar-refractivity contribution in [1.29, 1.82) is 0 Å². The number of carbonyl (C=O) groups excluding carboxylic acids is 2. The predicted octanol–water partition coefficient (Wildman–Crippen LogP) is 4.33. The molecule has 0 aliphatic carbocycles. The van der Waals surface area contributed by atoms with E-state index in [-0.39, 0.29) is 22.5 Å². The third-order valence-electron chi connectivity index (χ3n) is 4.88. The number of hydrogen-bond acceptors (Lipinski definition) is 5. The van der Waals surface area contributed by atoms with Crippen LogP contribution in [0.1, 0.15) is 29.8 Å². The molecule has 0 aromatic heterocycles. The number of benzene rings is 2. The summed E-state index contributed by atoms with van der Waals surface area (Å²) in [6.07, 6.45) is 1.48.